The summed E-state index contributed by atoms with van der Waals surface area (Å²) in [4.78, 5) is 43.3. The predicted octanol–water partition coefficient (Wildman–Crippen LogP) is 4.09. The second-order valence-electron chi connectivity index (χ2n) is 4.83. The lowest BCUT2D eigenvalue weighted by Gasteiger charge is -2.11. The van der Waals surface area contributed by atoms with E-state index in [4.69, 9.17) is 10.2 Å². The summed E-state index contributed by atoms with van der Waals surface area (Å²) in [5.74, 6) is -2.84. The molecule has 10 nitrogen and oxygen atoms in total. The molecule has 12 heteroatoms. The maximum atomic E-state index is 11.4. The zero-order valence-corrected chi connectivity index (χ0v) is 15.5. The number of nitro benzene ring substituents is 2. The van der Waals surface area contributed by atoms with Crippen molar-refractivity contribution in [3.63, 3.8) is 0 Å². The first-order chi connectivity index (χ1) is 12.0. The quantitative estimate of drug-likeness (QED) is 0.468. The van der Waals surface area contributed by atoms with E-state index >= 15 is 0 Å². The SMILES string of the molecule is O=C(O)c1cc(Br)c(-c2c(Br)cc(C(=O)O)cc2[N+](=O)[O-])c([N+](=O)[O-])c1. The molecule has 0 aliphatic rings. The Balaban J connectivity index is 2.96. The van der Waals surface area contributed by atoms with Crippen molar-refractivity contribution in [3.05, 3.63) is 64.6 Å². The smallest absolute Gasteiger partial charge is 0.335 e. The second kappa shape index (κ2) is 7.17. The van der Waals surface area contributed by atoms with Gasteiger partial charge in [0, 0.05) is 21.1 Å². The minimum Gasteiger partial charge on any atom is -0.478 e. The first-order valence-electron chi connectivity index (χ1n) is 6.47. The highest BCUT2D eigenvalue weighted by molar-refractivity contribution is 9.11. The number of halogens is 2. The maximum Gasteiger partial charge on any atom is 0.335 e. The van der Waals surface area contributed by atoms with Crippen LogP contribution < -0.4 is 0 Å². The highest BCUT2D eigenvalue weighted by Crippen LogP contribution is 2.46. The molecule has 0 spiro atoms. The molecule has 0 bridgehead atoms. The van der Waals surface area contributed by atoms with Crippen LogP contribution in [0.5, 0.6) is 0 Å². The van der Waals surface area contributed by atoms with Crippen LogP contribution in [0.1, 0.15) is 20.7 Å². The molecular weight excluding hydrogens is 484 g/mol. The Bertz CT molecular complexity index is 910. The van der Waals surface area contributed by atoms with E-state index in [1.807, 2.05) is 0 Å². The average molecular weight is 490 g/mol. The number of rotatable bonds is 5. The first-order valence-corrected chi connectivity index (χ1v) is 8.06. The number of benzene rings is 2. The number of carboxylic acids is 2. The standard InChI is InChI=1S/C14H6Br2N2O8/c15-7-1-5(13(19)20)3-9(17(23)24)11(7)12-8(16)2-6(14(21)22)4-10(12)18(25)26/h1-4H,(H,19,20)(H,21,22). The van der Waals surface area contributed by atoms with Crippen molar-refractivity contribution in [2.24, 2.45) is 0 Å². The van der Waals surface area contributed by atoms with Crippen molar-refractivity contribution < 1.29 is 29.6 Å². The Morgan fingerprint density at radius 2 is 1.08 bits per heavy atom. The molecule has 0 saturated heterocycles. The highest BCUT2D eigenvalue weighted by Gasteiger charge is 2.31. The fourth-order valence-corrected chi connectivity index (χ4v) is 3.51. The van der Waals surface area contributed by atoms with Crippen molar-refractivity contribution in [2.45, 2.75) is 0 Å². The van der Waals surface area contributed by atoms with Crippen molar-refractivity contribution in [3.8, 4) is 11.1 Å². The van der Waals surface area contributed by atoms with Gasteiger partial charge in [0.1, 0.15) is 0 Å². The van der Waals surface area contributed by atoms with Crippen LogP contribution in [-0.2, 0) is 0 Å². The van der Waals surface area contributed by atoms with Gasteiger partial charge in [-0.25, -0.2) is 9.59 Å². The van der Waals surface area contributed by atoms with Gasteiger partial charge in [0.15, 0.2) is 0 Å². The van der Waals surface area contributed by atoms with E-state index in [0.717, 1.165) is 24.3 Å². The molecule has 2 N–H and O–H groups in total. The van der Waals surface area contributed by atoms with E-state index in [9.17, 15) is 29.8 Å². The summed E-state index contributed by atoms with van der Waals surface area (Å²) in [5.41, 5.74) is -2.68. The molecule has 0 atom stereocenters. The largest absolute Gasteiger partial charge is 0.478 e. The number of nitrogens with zero attached hydrogens (tertiary/aromatic N) is 2. The van der Waals surface area contributed by atoms with Crippen LogP contribution in [0.25, 0.3) is 11.1 Å². The number of nitro groups is 2. The van der Waals surface area contributed by atoms with Gasteiger partial charge in [-0.15, -0.1) is 0 Å². The highest BCUT2D eigenvalue weighted by atomic mass is 79.9. The molecule has 2 rings (SSSR count). The summed E-state index contributed by atoms with van der Waals surface area (Å²) in [6.45, 7) is 0. The third-order valence-corrected chi connectivity index (χ3v) is 4.53. The van der Waals surface area contributed by atoms with Crippen molar-refractivity contribution in [1.29, 1.82) is 0 Å². The van der Waals surface area contributed by atoms with Crippen LogP contribution in [0.3, 0.4) is 0 Å². The number of carboxylic acid groups (broad SMARTS) is 2. The molecule has 2 aromatic carbocycles. The maximum absolute atomic E-state index is 11.4. The third-order valence-electron chi connectivity index (χ3n) is 3.28. The predicted molar refractivity (Wildman–Crippen MR) is 94.5 cm³/mol. The van der Waals surface area contributed by atoms with Gasteiger partial charge < -0.3 is 10.2 Å². The van der Waals surface area contributed by atoms with Crippen LogP contribution in [0.15, 0.2) is 33.2 Å². The molecule has 0 aliphatic heterocycles. The van der Waals surface area contributed by atoms with Gasteiger partial charge in [-0.3, -0.25) is 20.2 Å². The van der Waals surface area contributed by atoms with E-state index in [1.165, 1.54) is 0 Å². The van der Waals surface area contributed by atoms with Gasteiger partial charge >= 0.3 is 11.9 Å². The Kier molecular flexibility index (Phi) is 5.37. The molecule has 26 heavy (non-hydrogen) atoms. The molecule has 134 valence electrons. The first kappa shape index (κ1) is 19.5. The van der Waals surface area contributed by atoms with E-state index in [-0.39, 0.29) is 20.1 Å². The zero-order chi connectivity index (χ0) is 19.8. The van der Waals surface area contributed by atoms with Crippen LogP contribution in [0.4, 0.5) is 11.4 Å². The third kappa shape index (κ3) is 3.55. The van der Waals surface area contributed by atoms with Crippen LogP contribution >= 0.6 is 31.9 Å². The topological polar surface area (TPSA) is 161 Å². The number of hydrogen-bond acceptors (Lipinski definition) is 6. The van der Waals surface area contributed by atoms with E-state index < -0.39 is 44.3 Å². The van der Waals surface area contributed by atoms with E-state index in [1.54, 1.807) is 0 Å². The molecule has 0 amide bonds. The van der Waals surface area contributed by atoms with E-state index in [0.29, 0.717) is 0 Å². The van der Waals surface area contributed by atoms with Gasteiger partial charge in [0.25, 0.3) is 11.4 Å². The summed E-state index contributed by atoms with van der Waals surface area (Å²) < 4.78 is -0.146. The summed E-state index contributed by atoms with van der Waals surface area (Å²) in [6.07, 6.45) is 0. The molecule has 0 fully saturated rings. The van der Waals surface area contributed by atoms with Crippen LogP contribution in [0.2, 0.25) is 0 Å². The van der Waals surface area contributed by atoms with Crippen molar-refractivity contribution in [1.82, 2.24) is 0 Å². The van der Waals surface area contributed by atoms with Crippen molar-refractivity contribution >= 4 is 55.2 Å². The average Bonchev–Trinajstić information content (AvgIpc) is 2.53. The summed E-state index contributed by atoms with van der Waals surface area (Å²) in [7, 11) is 0. The Labute approximate surface area is 160 Å². The Morgan fingerprint density at radius 1 is 0.769 bits per heavy atom. The van der Waals surface area contributed by atoms with Gasteiger partial charge in [0.2, 0.25) is 0 Å². The summed E-state index contributed by atoms with van der Waals surface area (Å²) in [6, 6.07) is 3.66. The lowest BCUT2D eigenvalue weighted by molar-refractivity contribution is -0.386. The van der Waals surface area contributed by atoms with Gasteiger partial charge in [0.05, 0.1) is 32.1 Å². The number of carbonyl (C=O) groups is 2. The molecule has 0 heterocycles. The normalized spacial score (nSPS) is 10.4. The van der Waals surface area contributed by atoms with Gasteiger partial charge in [-0.05, 0) is 44.0 Å². The fraction of sp³-hybridized carbons (Fsp3) is 0. The molecule has 0 radical (unpaired) electrons. The van der Waals surface area contributed by atoms with Crippen LogP contribution in [0, 0.1) is 20.2 Å². The molecule has 2 aromatic rings. The number of hydrogen-bond donors (Lipinski definition) is 2. The van der Waals surface area contributed by atoms with Gasteiger partial charge in [-0.2, -0.15) is 0 Å². The molecule has 0 aromatic heterocycles. The minimum atomic E-state index is -1.42. The van der Waals surface area contributed by atoms with Crippen molar-refractivity contribution in [2.75, 3.05) is 0 Å². The molecule has 0 aliphatic carbocycles. The Hall–Kier alpha value is -2.86. The molecule has 0 saturated carbocycles. The monoisotopic (exact) mass is 488 g/mol. The van der Waals surface area contributed by atoms with Gasteiger partial charge in [-0.1, -0.05) is 0 Å². The fourth-order valence-electron chi connectivity index (χ4n) is 2.21. The Morgan fingerprint density at radius 3 is 1.31 bits per heavy atom. The zero-order valence-electron chi connectivity index (χ0n) is 12.3. The summed E-state index contributed by atoms with van der Waals surface area (Å²) >= 11 is 6.02. The number of aromatic carboxylic acids is 2. The van der Waals surface area contributed by atoms with Crippen LogP contribution in [-0.4, -0.2) is 32.0 Å². The minimum absolute atomic E-state index is 0.0732. The lowest BCUT2D eigenvalue weighted by Crippen LogP contribution is -2.04. The molecule has 0 unspecified atom stereocenters. The summed E-state index contributed by atoms with van der Waals surface area (Å²) in [5, 5.41) is 40.9. The molecular formula is C14H6Br2N2O8. The lowest BCUT2D eigenvalue weighted by atomic mass is 9.98. The van der Waals surface area contributed by atoms with E-state index in [2.05, 4.69) is 31.9 Å². The second-order valence-corrected chi connectivity index (χ2v) is 6.54.